The number of pyridine rings is 1. The van der Waals surface area contributed by atoms with Crippen LogP contribution in [0.5, 0.6) is 0 Å². The summed E-state index contributed by atoms with van der Waals surface area (Å²) in [5.41, 5.74) is 2.23. The van der Waals surface area contributed by atoms with Crippen LogP contribution in [0.25, 0.3) is 11.3 Å². The largest absolute Gasteiger partial charge is 0.411 e. The van der Waals surface area contributed by atoms with Crippen LogP contribution < -0.4 is 5.32 Å². The fourth-order valence-electron chi connectivity index (χ4n) is 1.42. The van der Waals surface area contributed by atoms with Gasteiger partial charge in [-0.2, -0.15) is 0 Å². The Balaban J connectivity index is 2.56. The summed E-state index contributed by atoms with van der Waals surface area (Å²) in [6.07, 6.45) is 3.45. The third-order valence-electron chi connectivity index (χ3n) is 2.25. The molecule has 2 N–H and O–H groups in total. The number of nitrogens with one attached hydrogen (secondary N) is 1. The second-order valence-corrected chi connectivity index (χ2v) is 4.37. The van der Waals surface area contributed by atoms with Gasteiger partial charge in [0, 0.05) is 25.0 Å². The molecular formula is C11H12N4OS. The molecule has 0 spiro atoms. The van der Waals surface area contributed by atoms with E-state index in [1.165, 1.54) is 11.3 Å². The van der Waals surface area contributed by atoms with E-state index in [2.05, 4.69) is 20.4 Å². The van der Waals surface area contributed by atoms with E-state index in [-0.39, 0.29) is 0 Å². The summed E-state index contributed by atoms with van der Waals surface area (Å²) in [6.45, 7) is 1.74. The molecule has 0 bridgehead atoms. The minimum atomic E-state index is 0.544. The highest BCUT2D eigenvalue weighted by atomic mass is 32.1. The van der Waals surface area contributed by atoms with Crippen molar-refractivity contribution in [2.75, 3.05) is 12.4 Å². The van der Waals surface area contributed by atoms with Crippen LogP contribution in [0.4, 0.5) is 5.13 Å². The number of hydrogen-bond acceptors (Lipinski definition) is 6. The van der Waals surface area contributed by atoms with Crippen molar-refractivity contribution < 1.29 is 5.21 Å². The molecule has 2 heterocycles. The van der Waals surface area contributed by atoms with Crippen LogP contribution in [0, 0.1) is 0 Å². The van der Waals surface area contributed by atoms with Crippen molar-refractivity contribution in [2.45, 2.75) is 6.92 Å². The van der Waals surface area contributed by atoms with Crippen molar-refractivity contribution in [1.29, 1.82) is 0 Å². The predicted molar refractivity (Wildman–Crippen MR) is 68.9 cm³/mol. The van der Waals surface area contributed by atoms with E-state index in [0.29, 0.717) is 5.71 Å². The van der Waals surface area contributed by atoms with E-state index < -0.39 is 0 Å². The molecule has 0 saturated heterocycles. The van der Waals surface area contributed by atoms with Gasteiger partial charge in [0.25, 0.3) is 0 Å². The molecule has 2 aromatic rings. The van der Waals surface area contributed by atoms with Crippen molar-refractivity contribution in [2.24, 2.45) is 5.16 Å². The average Bonchev–Trinajstić information content (AvgIpc) is 2.83. The lowest BCUT2D eigenvalue weighted by molar-refractivity contribution is 0.319. The molecule has 88 valence electrons. The minimum absolute atomic E-state index is 0.544. The van der Waals surface area contributed by atoms with Crippen LogP contribution in [0.15, 0.2) is 29.7 Å². The first kappa shape index (κ1) is 11.5. The maximum atomic E-state index is 8.87. The second kappa shape index (κ2) is 4.92. The molecule has 2 aromatic heterocycles. The Labute approximate surface area is 103 Å². The van der Waals surface area contributed by atoms with Crippen LogP contribution in [0.1, 0.15) is 11.8 Å². The molecule has 5 nitrogen and oxygen atoms in total. The maximum absolute atomic E-state index is 8.87. The quantitative estimate of drug-likeness (QED) is 0.497. The topological polar surface area (TPSA) is 70.4 Å². The van der Waals surface area contributed by atoms with Crippen LogP contribution in [-0.4, -0.2) is 27.9 Å². The number of rotatable bonds is 3. The Morgan fingerprint density at radius 2 is 2.35 bits per heavy atom. The van der Waals surface area contributed by atoms with Crippen LogP contribution in [-0.2, 0) is 0 Å². The summed E-state index contributed by atoms with van der Waals surface area (Å²) < 4.78 is 0. The molecule has 0 atom stereocenters. The van der Waals surface area contributed by atoms with Crippen LogP contribution in [0.2, 0.25) is 0 Å². The molecule has 0 aliphatic rings. The first-order valence-electron chi connectivity index (χ1n) is 5.04. The van der Waals surface area contributed by atoms with Gasteiger partial charge in [-0.15, -0.1) is 0 Å². The molecule has 0 fully saturated rings. The zero-order valence-corrected chi connectivity index (χ0v) is 10.3. The summed E-state index contributed by atoms with van der Waals surface area (Å²) >= 11 is 1.45. The van der Waals surface area contributed by atoms with Crippen LogP contribution in [0.3, 0.4) is 0 Å². The number of hydrogen-bond donors (Lipinski definition) is 2. The molecule has 0 unspecified atom stereocenters. The first-order valence-corrected chi connectivity index (χ1v) is 5.86. The van der Waals surface area contributed by atoms with E-state index in [9.17, 15) is 0 Å². The highest BCUT2D eigenvalue weighted by Crippen LogP contribution is 2.30. The van der Waals surface area contributed by atoms with Gasteiger partial charge in [0.2, 0.25) is 0 Å². The number of anilines is 1. The van der Waals surface area contributed by atoms with Crippen molar-refractivity contribution in [3.05, 3.63) is 29.4 Å². The summed E-state index contributed by atoms with van der Waals surface area (Å²) in [5.74, 6) is 0. The van der Waals surface area contributed by atoms with Gasteiger partial charge < -0.3 is 10.5 Å². The standard InChI is InChI=1S/C11H12N4OS/c1-7(15-16)10-9(14-11(12-2)17-10)8-4-3-5-13-6-8/h3-6,16H,1-2H3,(H,12,14)/b15-7+. The number of aromatic nitrogens is 2. The SMILES string of the molecule is CNc1nc(-c2cccnc2)c(/C(C)=N/O)s1. The molecule has 17 heavy (non-hydrogen) atoms. The van der Waals surface area contributed by atoms with Crippen molar-refractivity contribution >= 4 is 22.2 Å². The van der Waals surface area contributed by atoms with E-state index in [1.807, 2.05) is 12.1 Å². The van der Waals surface area contributed by atoms with E-state index in [0.717, 1.165) is 21.3 Å². The Bertz CT molecular complexity index is 536. The molecular weight excluding hydrogens is 236 g/mol. The molecule has 0 aromatic carbocycles. The number of oxime groups is 1. The van der Waals surface area contributed by atoms with Crippen molar-refractivity contribution in [3.8, 4) is 11.3 Å². The molecule has 2 rings (SSSR count). The van der Waals surface area contributed by atoms with Gasteiger partial charge in [-0.25, -0.2) is 4.98 Å². The third-order valence-corrected chi connectivity index (χ3v) is 3.44. The third kappa shape index (κ3) is 2.26. The zero-order valence-electron chi connectivity index (χ0n) is 9.51. The minimum Gasteiger partial charge on any atom is -0.411 e. The van der Waals surface area contributed by atoms with Gasteiger partial charge >= 0.3 is 0 Å². The molecule has 0 aliphatic heterocycles. The van der Waals surface area contributed by atoms with Gasteiger partial charge in [-0.1, -0.05) is 16.5 Å². The van der Waals surface area contributed by atoms with Gasteiger partial charge in [0.05, 0.1) is 16.3 Å². The Morgan fingerprint density at radius 3 is 2.94 bits per heavy atom. The number of nitrogens with zero attached hydrogens (tertiary/aromatic N) is 3. The fourth-order valence-corrected chi connectivity index (χ4v) is 2.30. The predicted octanol–water partition coefficient (Wildman–Crippen LogP) is 2.45. The van der Waals surface area contributed by atoms with Gasteiger partial charge in [-0.05, 0) is 19.1 Å². The summed E-state index contributed by atoms with van der Waals surface area (Å²) in [7, 11) is 1.81. The van der Waals surface area contributed by atoms with E-state index in [4.69, 9.17) is 5.21 Å². The van der Waals surface area contributed by atoms with E-state index >= 15 is 0 Å². The Kier molecular flexibility index (Phi) is 3.34. The number of thiazole rings is 1. The molecule has 0 aliphatic carbocycles. The summed E-state index contributed by atoms with van der Waals surface area (Å²) in [4.78, 5) is 9.35. The molecule has 0 amide bonds. The lowest BCUT2D eigenvalue weighted by atomic mass is 10.1. The maximum Gasteiger partial charge on any atom is 0.183 e. The highest BCUT2D eigenvalue weighted by Gasteiger charge is 2.15. The smallest absolute Gasteiger partial charge is 0.183 e. The Hall–Kier alpha value is -1.95. The zero-order chi connectivity index (χ0) is 12.3. The fraction of sp³-hybridized carbons (Fsp3) is 0.182. The van der Waals surface area contributed by atoms with Gasteiger partial charge in [0.1, 0.15) is 0 Å². The van der Waals surface area contributed by atoms with E-state index in [1.54, 1.807) is 26.4 Å². The second-order valence-electron chi connectivity index (χ2n) is 3.37. The monoisotopic (exact) mass is 248 g/mol. The molecule has 0 saturated carbocycles. The highest BCUT2D eigenvalue weighted by molar-refractivity contribution is 7.18. The van der Waals surface area contributed by atoms with Crippen LogP contribution >= 0.6 is 11.3 Å². The lowest BCUT2D eigenvalue weighted by Crippen LogP contribution is -1.94. The average molecular weight is 248 g/mol. The first-order chi connectivity index (χ1) is 8.26. The Morgan fingerprint density at radius 1 is 1.53 bits per heavy atom. The van der Waals surface area contributed by atoms with Crippen molar-refractivity contribution in [1.82, 2.24) is 9.97 Å². The van der Waals surface area contributed by atoms with Crippen molar-refractivity contribution in [3.63, 3.8) is 0 Å². The summed E-state index contributed by atoms with van der Waals surface area (Å²) in [6, 6.07) is 3.78. The molecule has 6 heteroatoms. The van der Waals surface area contributed by atoms with Gasteiger partial charge in [-0.3, -0.25) is 4.98 Å². The summed E-state index contributed by atoms with van der Waals surface area (Å²) in [5, 5.41) is 15.9. The normalized spacial score (nSPS) is 11.5. The molecule has 0 radical (unpaired) electrons. The van der Waals surface area contributed by atoms with Gasteiger partial charge in [0.15, 0.2) is 5.13 Å². The lowest BCUT2D eigenvalue weighted by Gasteiger charge is -1.99.